The number of anilines is 1. The molecule has 3 aromatic heterocycles. The number of hydrogen-bond donors (Lipinski definition) is 2. The summed E-state index contributed by atoms with van der Waals surface area (Å²) in [7, 11) is 0. The van der Waals surface area contributed by atoms with Crippen molar-refractivity contribution in [1.82, 2.24) is 4.98 Å². The number of alkyl halides is 1. The van der Waals surface area contributed by atoms with E-state index in [-0.39, 0.29) is 12.0 Å². The standard InChI is InChI=1S/C18H18BrClFN3S2/c19-15-16-17(26-18(15)14-10(21)4-1-5-11(14)22)12(7-13(20)24-16)23-8-9-3-2-6-25-9/h2-3,6-7,10-11,14H,1,4-5,8,22H2,(H,23,24)/t10-,11+,14-/m1/s1. The zero-order valence-electron chi connectivity index (χ0n) is 13.8. The van der Waals surface area contributed by atoms with E-state index < -0.39 is 6.17 Å². The Labute approximate surface area is 172 Å². The predicted octanol–water partition coefficient (Wildman–Crippen LogP) is 6.32. The van der Waals surface area contributed by atoms with Gasteiger partial charge in [-0.3, -0.25) is 0 Å². The normalized spacial score (nSPS) is 23.5. The van der Waals surface area contributed by atoms with Gasteiger partial charge < -0.3 is 11.1 Å². The van der Waals surface area contributed by atoms with Gasteiger partial charge in [0.05, 0.1) is 20.4 Å². The van der Waals surface area contributed by atoms with Gasteiger partial charge in [0.15, 0.2) is 0 Å². The molecule has 0 amide bonds. The Kier molecular flexibility index (Phi) is 5.53. The van der Waals surface area contributed by atoms with E-state index in [2.05, 4.69) is 37.7 Å². The van der Waals surface area contributed by atoms with E-state index in [9.17, 15) is 4.39 Å². The van der Waals surface area contributed by atoms with Crippen LogP contribution in [0.15, 0.2) is 28.1 Å². The van der Waals surface area contributed by atoms with Gasteiger partial charge in [-0.2, -0.15) is 0 Å². The third-order valence-corrected chi connectivity index (χ3v) is 8.23. The van der Waals surface area contributed by atoms with E-state index >= 15 is 0 Å². The van der Waals surface area contributed by atoms with Crippen LogP contribution in [0.25, 0.3) is 10.2 Å². The minimum Gasteiger partial charge on any atom is -0.379 e. The highest BCUT2D eigenvalue weighted by Gasteiger charge is 2.36. The van der Waals surface area contributed by atoms with E-state index in [1.807, 2.05) is 12.1 Å². The molecule has 0 radical (unpaired) electrons. The van der Waals surface area contributed by atoms with Gasteiger partial charge in [0, 0.05) is 34.3 Å². The van der Waals surface area contributed by atoms with Gasteiger partial charge in [0.25, 0.3) is 0 Å². The first-order chi connectivity index (χ1) is 12.5. The molecular formula is C18H18BrClFN3S2. The molecular weight excluding hydrogens is 457 g/mol. The maximum atomic E-state index is 14.7. The number of fused-ring (bicyclic) bond motifs is 1. The number of pyridine rings is 1. The van der Waals surface area contributed by atoms with Gasteiger partial charge in [-0.15, -0.1) is 22.7 Å². The first-order valence-electron chi connectivity index (χ1n) is 8.49. The van der Waals surface area contributed by atoms with Crippen LogP contribution in [-0.2, 0) is 6.54 Å². The van der Waals surface area contributed by atoms with Crippen LogP contribution >= 0.6 is 50.2 Å². The van der Waals surface area contributed by atoms with Gasteiger partial charge in [0.2, 0.25) is 0 Å². The molecule has 1 fully saturated rings. The van der Waals surface area contributed by atoms with E-state index in [1.54, 1.807) is 22.7 Å². The first kappa shape index (κ1) is 18.6. The predicted molar refractivity (Wildman–Crippen MR) is 113 cm³/mol. The summed E-state index contributed by atoms with van der Waals surface area (Å²) in [5, 5.41) is 5.92. The minimum absolute atomic E-state index is 0.166. The molecule has 1 aliphatic rings. The van der Waals surface area contributed by atoms with E-state index in [0.29, 0.717) is 18.1 Å². The van der Waals surface area contributed by atoms with Crippen molar-refractivity contribution in [3.8, 4) is 0 Å². The number of aromatic nitrogens is 1. The van der Waals surface area contributed by atoms with Gasteiger partial charge in [0.1, 0.15) is 11.3 Å². The highest BCUT2D eigenvalue weighted by atomic mass is 79.9. The average Bonchev–Trinajstić information content (AvgIpc) is 3.22. The van der Waals surface area contributed by atoms with Crippen molar-refractivity contribution >= 4 is 66.1 Å². The lowest BCUT2D eigenvalue weighted by molar-refractivity contribution is 0.198. The molecule has 0 aromatic carbocycles. The molecule has 3 aromatic rings. The number of hydrogen-bond acceptors (Lipinski definition) is 5. The first-order valence-corrected chi connectivity index (χ1v) is 11.4. The summed E-state index contributed by atoms with van der Waals surface area (Å²) in [5.74, 6) is -0.291. The number of thiophene rings is 2. The Hall–Kier alpha value is -0.730. The van der Waals surface area contributed by atoms with Gasteiger partial charge in [-0.25, -0.2) is 9.37 Å². The smallest absolute Gasteiger partial charge is 0.131 e. The molecule has 0 saturated heterocycles. The molecule has 0 bridgehead atoms. The molecule has 1 aliphatic carbocycles. The van der Waals surface area contributed by atoms with Crippen LogP contribution in [0.5, 0.6) is 0 Å². The Morgan fingerprint density at radius 1 is 1.42 bits per heavy atom. The summed E-state index contributed by atoms with van der Waals surface area (Å²) >= 11 is 13.2. The van der Waals surface area contributed by atoms with Crippen molar-refractivity contribution in [2.75, 3.05) is 5.32 Å². The Morgan fingerprint density at radius 3 is 3.00 bits per heavy atom. The molecule has 138 valence electrons. The molecule has 26 heavy (non-hydrogen) atoms. The lowest BCUT2D eigenvalue weighted by Crippen LogP contribution is -2.37. The monoisotopic (exact) mass is 473 g/mol. The van der Waals surface area contributed by atoms with Crippen molar-refractivity contribution in [2.45, 2.75) is 43.9 Å². The quantitative estimate of drug-likeness (QED) is 0.435. The Bertz CT molecular complexity index is 905. The molecule has 3 heterocycles. The van der Waals surface area contributed by atoms with Crippen molar-refractivity contribution < 1.29 is 4.39 Å². The summed E-state index contributed by atoms with van der Waals surface area (Å²) < 4.78 is 16.5. The fourth-order valence-electron chi connectivity index (χ4n) is 3.50. The minimum atomic E-state index is -0.916. The van der Waals surface area contributed by atoms with Crippen LogP contribution in [0.2, 0.25) is 5.15 Å². The summed E-state index contributed by atoms with van der Waals surface area (Å²) in [6, 6.07) is 5.78. The lowest BCUT2D eigenvalue weighted by Gasteiger charge is -2.31. The fraction of sp³-hybridized carbons (Fsp3) is 0.389. The van der Waals surface area contributed by atoms with Crippen LogP contribution in [-0.4, -0.2) is 17.2 Å². The number of nitrogens with zero attached hydrogens (tertiary/aromatic N) is 1. The number of nitrogens with one attached hydrogen (secondary N) is 1. The van der Waals surface area contributed by atoms with E-state index in [0.717, 1.165) is 38.1 Å². The molecule has 3 nitrogen and oxygen atoms in total. The lowest BCUT2D eigenvalue weighted by atomic mass is 9.82. The fourth-order valence-corrected chi connectivity index (χ4v) is 6.61. The third-order valence-electron chi connectivity index (χ3n) is 4.78. The highest BCUT2D eigenvalue weighted by molar-refractivity contribution is 9.10. The molecule has 8 heteroatoms. The summed E-state index contributed by atoms with van der Waals surface area (Å²) in [6.07, 6.45) is 1.35. The molecule has 0 aliphatic heterocycles. The average molecular weight is 475 g/mol. The second-order valence-electron chi connectivity index (χ2n) is 6.52. The maximum absolute atomic E-state index is 14.7. The third kappa shape index (κ3) is 3.52. The number of nitrogens with two attached hydrogens (primary N) is 1. The second-order valence-corrected chi connectivity index (χ2v) is 9.78. The topological polar surface area (TPSA) is 50.9 Å². The maximum Gasteiger partial charge on any atom is 0.131 e. The van der Waals surface area contributed by atoms with Crippen LogP contribution in [0.1, 0.15) is 34.9 Å². The molecule has 3 atom stereocenters. The van der Waals surface area contributed by atoms with Crippen molar-refractivity contribution in [3.63, 3.8) is 0 Å². The van der Waals surface area contributed by atoms with Gasteiger partial charge in [-0.1, -0.05) is 17.7 Å². The summed E-state index contributed by atoms with van der Waals surface area (Å²) in [5.41, 5.74) is 7.96. The summed E-state index contributed by atoms with van der Waals surface area (Å²) in [6.45, 7) is 0.715. The van der Waals surface area contributed by atoms with Crippen LogP contribution < -0.4 is 11.1 Å². The molecule has 0 spiro atoms. The summed E-state index contributed by atoms with van der Waals surface area (Å²) in [4.78, 5) is 6.65. The highest BCUT2D eigenvalue weighted by Crippen LogP contribution is 2.47. The molecule has 3 N–H and O–H groups in total. The molecule has 4 rings (SSSR count). The zero-order valence-corrected chi connectivity index (χ0v) is 17.8. The van der Waals surface area contributed by atoms with Crippen molar-refractivity contribution in [1.29, 1.82) is 0 Å². The number of rotatable bonds is 4. The molecule has 0 unspecified atom stereocenters. The van der Waals surface area contributed by atoms with E-state index in [1.165, 1.54) is 4.88 Å². The Balaban J connectivity index is 1.74. The SMILES string of the molecule is N[C@H]1CCC[C@@H](F)[C@H]1c1sc2c(NCc3cccs3)cc(Cl)nc2c1Br. The molecule has 1 saturated carbocycles. The second kappa shape index (κ2) is 7.72. The van der Waals surface area contributed by atoms with Crippen LogP contribution in [0.4, 0.5) is 10.1 Å². The van der Waals surface area contributed by atoms with Gasteiger partial charge >= 0.3 is 0 Å². The van der Waals surface area contributed by atoms with Crippen LogP contribution in [0.3, 0.4) is 0 Å². The Morgan fingerprint density at radius 2 is 2.27 bits per heavy atom. The zero-order chi connectivity index (χ0) is 18.3. The van der Waals surface area contributed by atoms with Crippen molar-refractivity contribution in [3.05, 3.63) is 43.0 Å². The van der Waals surface area contributed by atoms with Crippen molar-refractivity contribution in [2.24, 2.45) is 5.73 Å². The number of halogens is 3. The van der Waals surface area contributed by atoms with E-state index in [4.69, 9.17) is 17.3 Å². The van der Waals surface area contributed by atoms with Crippen LogP contribution in [0, 0.1) is 0 Å². The van der Waals surface area contributed by atoms with Gasteiger partial charge in [-0.05, 0) is 46.6 Å². The largest absolute Gasteiger partial charge is 0.379 e.